The molecule has 4 aliphatic rings. The first-order chi connectivity index (χ1) is 23.7. The second kappa shape index (κ2) is 12.3. The van der Waals surface area contributed by atoms with Crippen molar-refractivity contribution in [1.29, 1.82) is 0 Å². The maximum atomic E-state index is 14.1. The number of ether oxygens (including phenoxy) is 2. The molecular formula is C37H33N3O7S2. The highest BCUT2D eigenvalue weighted by atomic mass is 32.2. The Morgan fingerprint density at radius 3 is 2.43 bits per heavy atom. The van der Waals surface area contributed by atoms with E-state index in [4.69, 9.17) is 9.47 Å². The molecule has 0 spiro atoms. The molecule has 250 valence electrons. The van der Waals surface area contributed by atoms with Crippen LogP contribution < -0.4 is 19.8 Å². The summed E-state index contributed by atoms with van der Waals surface area (Å²) in [4.78, 5) is 70.8. The van der Waals surface area contributed by atoms with Crippen LogP contribution >= 0.6 is 23.1 Å². The predicted molar refractivity (Wildman–Crippen MR) is 185 cm³/mol. The quantitative estimate of drug-likeness (QED) is 0.179. The molecule has 2 N–H and O–H groups in total. The second-order valence-corrected chi connectivity index (χ2v) is 15.2. The van der Waals surface area contributed by atoms with Gasteiger partial charge in [0.25, 0.3) is 5.91 Å². The first-order valence-electron chi connectivity index (χ1n) is 16.4. The van der Waals surface area contributed by atoms with Crippen molar-refractivity contribution >= 4 is 58.2 Å². The van der Waals surface area contributed by atoms with E-state index in [0.717, 1.165) is 27.5 Å². The summed E-state index contributed by atoms with van der Waals surface area (Å²) in [5.41, 5.74) is 3.53. The van der Waals surface area contributed by atoms with Crippen LogP contribution in [0.1, 0.15) is 45.6 Å². The van der Waals surface area contributed by atoms with Crippen LogP contribution in [0.15, 0.2) is 82.6 Å². The first-order valence-corrected chi connectivity index (χ1v) is 18.1. The highest BCUT2D eigenvalue weighted by molar-refractivity contribution is 8.00. The van der Waals surface area contributed by atoms with Crippen LogP contribution in [0.4, 0.5) is 11.4 Å². The number of thioether (sulfide) groups is 1. The van der Waals surface area contributed by atoms with Crippen molar-refractivity contribution in [2.45, 2.75) is 36.5 Å². The Hall–Kier alpha value is -4.68. The molecule has 2 aliphatic carbocycles. The summed E-state index contributed by atoms with van der Waals surface area (Å²) < 4.78 is 11.0. The van der Waals surface area contributed by atoms with Gasteiger partial charge in [-0.1, -0.05) is 41.2 Å². The average Bonchev–Trinajstić information content (AvgIpc) is 3.84. The van der Waals surface area contributed by atoms with E-state index in [-0.39, 0.29) is 64.7 Å². The Kier molecular flexibility index (Phi) is 7.95. The van der Waals surface area contributed by atoms with Crippen molar-refractivity contribution in [1.82, 2.24) is 4.98 Å². The van der Waals surface area contributed by atoms with E-state index in [2.05, 4.69) is 10.3 Å². The number of fused-ring (bicyclic) bond motifs is 9. The third-order valence-corrected chi connectivity index (χ3v) is 12.9. The number of anilines is 2. The van der Waals surface area contributed by atoms with Crippen molar-refractivity contribution in [2.24, 2.45) is 29.6 Å². The number of benzene rings is 3. The highest BCUT2D eigenvalue weighted by Gasteiger charge is 2.69. The molecule has 12 heteroatoms. The predicted octanol–water partition coefficient (Wildman–Crippen LogP) is 5.62. The van der Waals surface area contributed by atoms with Gasteiger partial charge in [-0.15, -0.1) is 11.8 Å². The van der Waals surface area contributed by atoms with Gasteiger partial charge in [-0.05, 0) is 92.1 Å². The number of carbonyl (C=O) groups excluding carboxylic acids is 4. The number of aryl methyl sites for hydroxylation is 1. The monoisotopic (exact) mass is 695 g/mol. The normalized spacial score (nSPS) is 26.2. The molecule has 2 bridgehead atoms. The van der Waals surface area contributed by atoms with Gasteiger partial charge in [-0.25, -0.2) is 4.79 Å². The van der Waals surface area contributed by atoms with Gasteiger partial charge in [0.15, 0.2) is 6.61 Å². The van der Waals surface area contributed by atoms with Crippen molar-refractivity contribution < 1.29 is 28.7 Å². The summed E-state index contributed by atoms with van der Waals surface area (Å²) in [7, 11) is 0. The largest absolute Gasteiger partial charge is 0.484 e. The summed E-state index contributed by atoms with van der Waals surface area (Å²) in [6.07, 6.45) is 0.760. The van der Waals surface area contributed by atoms with Gasteiger partial charge in [0.1, 0.15) is 5.75 Å². The number of hydrogen-bond donors (Lipinski definition) is 2. The number of esters is 1. The Morgan fingerprint density at radius 2 is 1.69 bits per heavy atom. The Morgan fingerprint density at radius 1 is 0.959 bits per heavy atom. The van der Waals surface area contributed by atoms with E-state index >= 15 is 0 Å². The lowest BCUT2D eigenvalue weighted by Gasteiger charge is -2.43. The molecule has 8 rings (SSSR count). The minimum Gasteiger partial charge on any atom is -0.484 e. The molecular weight excluding hydrogens is 663 g/mol. The number of rotatable bonds is 8. The number of nitrogens with one attached hydrogen (secondary N) is 2. The number of thiazole rings is 1. The van der Waals surface area contributed by atoms with Gasteiger partial charge in [-0.3, -0.25) is 24.1 Å². The molecule has 4 aromatic rings. The number of aromatic nitrogens is 1. The molecule has 4 unspecified atom stereocenters. The van der Waals surface area contributed by atoms with Crippen molar-refractivity contribution in [2.75, 3.05) is 23.4 Å². The summed E-state index contributed by atoms with van der Waals surface area (Å²) in [6, 6.07) is 21.6. The zero-order chi connectivity index (χ0) is 34.0. The first kappa shape index (κ1) is 31.6. The molecule has 7 atom stereocenters. The zero-order valence-corrected chi connectivity index (χ0v) is 28.3. The molecule has 3 fully saturated rings. The van der Waals surface area contributed by atoms with Gasteiger partial charge in [0, 0.05) is 21.7 Å². The van der Waals surface area contributed by atoms with Crippen LogP contribution in [0.3, 0.4) is 0 Å². The SMILES string of the molecule is CCOC(=O)c1ccc(N2C(=O)C3C(C2=O)[C@@H]2C[C@H]3C3Sc4[nH]c(=O)sc4[C@H](c4cccc(OCC(=O)Nc5ccc(C)cc5)c4)C32)cc1. The van der Waals surface area contributed by atoms with Crippen molar-refractivity contribution in [3.63, 3.8) is 0 Å². The zero-order valence-electron chi connectivity index (χ0n) is 26.7. The maximum Gasteiger partial charge on any atom is 0.338 e. The second-order valence-electron chi connectivity index (χ2n) is 13.0. The lowest BCUT2D eigenvalue weighted by Crippen LogP contribution is -2.42. The van der Waals surface area contributed by atoms with Gasteiger partial charge >= 0.3 is 10.8 Å². The summed E-state index contributed by atoms with van der Waals surface area (Å²) in [5, 5.41) is 3.70. The maximum absolute atomic E-state index is 14.1. The third-order valence-electron chi connectivity index (χ3n) is 10.3. The lowest BCUT2D eigenvalue weighted by atomic mass is 9.68. The smallest absolute Gasteiger partial charge is 0.338 e. The Bertz CT molecular complexity index is 2040. The molecule has 3 aromatic carbocycles. The summed E-state index contributed by atoms with van der Waals surface area (Å²) in [5.74, 6) is -1.80. The van der Waals surface area contributed by atoms with Crippen LogP contribution in [0.5, 0.6) is 5.75 Å². The molecule has 3 heterocycles. The number of aromatic amines is 1. The highest BCUT2D eigenvalue weighted by Crippen LogP contribution is 2.68. The van der Waals surface area contributed by atoms with Gasteiger partial charge in [0.05, 0.1) is 34.7 Å². The topological polar surface area (TPSA) is 135 Å². The van der Waals surface area contributed by atoms with E-state index in [1.165, 1.54) is 16.2 Å². The molecule has 49 heavy (non-hydrogen) atoms. The molecule has 2 saturated carbocycles. The van der Waals surface area contributed by atoms with Crippen LogP contribution in [-0.4, -0.2) is 47.1 Å². The number of H-pyrrole nitrogens is 1. The summed E-state index contributed by atoms with van der Waals surface area (Å²) >= 11 is 2.82. The Balaban J connectivity index is 1.06. The van der Waals surface area contributed by atoms with Crippen LogP contribution in [0.2, 0.25) is 0 Å². The molecule has 1 saturated heterocycles. The average molecular weight is 696 g/mol. The van der Waals surface area contributed by atoms with E-state index in [9.17, 15) is 24.0 Å². The number of hydrogen-bond acceptors (Lipinski definition) is 9. The minimum absolute atomic E-state index is 0.0122. The molecule has 1 aromatic heterocycles. The van der Waals surface area contributed by atoms with E-state index < -0.39 is 17.8 Å². The molecule has 10 nitrogen and oxygen atoms in total. The number of carbonyl (C=O) groups is 4. The minimum atomic E-state index is -0.464. The fourth-order valence-corrected chi connectivity index (χ4v) is 11.3. The van der Waals surface area contributed by atoms with Crippen molar-refractivity contribution in [3.8, 4) is 5.75 Å². The van der Waals surface area contributed by atoms with E-state index in [1.807, 2.05) is 49.4 Å². The van der Waals surface area contributed by atoms with Crippen molar-refractivity contribution in [3.05, 3.63) is 104 Å². The Labute approximate surface area is 290 Å². The molecule has 3 amide bonds. The third kappa shape index (κ3) is 5.37. The van der Waals surface area contributed by atoms with Crippen LogP contribution in [0.25, 0.3) is 0 Å². The van der Waals surface area contributed by atoms with Gasteiger partial charge in [-0.2, -0.15) is 0 Å². The number of nitrogens with zero attached hydrogens (tertiary/aromatic N) is 1. The fourth-order valence-electron chi connectivity index (χ4n) is 8.39. The molecule has 2 aliphatic heterocycles. The number of amides is 3. The van der Waals surface area contributed by atoms with Gasteiger partial charge in [0.2, 0.25) is 11.8 Å². The van der Waals surface area contributed by atoms with E-state index in [0.29, 0.717) is 22.7 Å². The standard InChI is InChI=1S/C37H33N3O7S2/c1-3-46-36(44)19-9-13-22(14-10-19)40-34(42)29-24-16-25(30(29)35(40)43)31-28(24)27(32-33(48-31)39-37(45)49-32)20-5-4-6-23(15-20)47-17-26(41)38-21-11-7-18(2)8-12-21/h4-15,24-25,27-31H,3,16-17H2,1-2H3,(H,38,41)(H,39,45)/t24-,25-,27-,28?,29?,30?,31?/m1/s1. The summed E-state index contributed by atoms with van der Waals surface area (Å²) in [6.45, 7) is 3.79. The lowest BCUT2D eigenvalue weighted by molar-refractivity contribution is -0.123. The number of imide groups is 1. The van der Waals surface area contributed by atoms with E-state index in [1.54, 1.807) is 49.0 Å². The van der Waals surface area contributed by atoms with Crippen LogP contribution in [-0.2, 0) is 19.1 Å². The van der Waals surface area contributed by atoms with Crippen LogP contribution in [0, 0.1) is 36.5 Å². The molecule has 0 radical (unpaired) electrons. The fraction of sp³-hybridized carbons (Fsp3) is 0.324. The van der Waals surface area contributed by atoms with Gasteiger partial charge < -0.3 is 19.8 Å².